The third-order valence-electron chi connectivity index (χ3n) is 2.86. The first kappa shape index (κ1) is 13.7. The van der Waals surface area contributed by atoms with Crippen molar-refractivity contribution in [2.75, 3.05) is 20.1 Å². The summed E-state index contributed by atoms with van der Waals surface area (Å²) < 4.78 is 0. The summed E-state index contributed by atoms with van der Waals surface area (Å²) in [5.41, 5.74) is 7.68. The van der Waals surface area contributed by atoms with Crippen LogP contribution in [0.15, 0.2) is 24.3 Å². The highest BCUT2D eigenvalue weighted by atomic mass is 16.3. The quantitative estimate of drug-likeness (QED) is 0.773. The molecule has 3 N–H and O–H groups in total. The van der Waals surface area contributed by atoms with Crippen molar-refractivity contribution in [3.05, 3.63) is 35.4 Å². The molecule has 4 nitrogen and oxygen atoms in total. The van der Waals surface area contributed by atoms with Crippen molar-refractivity contribution < 1.29 is 9.90 Å². The zero-order chi connectivity index (χ0) is 12.8. The molecule has 0 saturated carbocycles. The number of nitrogens with zero attached hydrogens (tertiary/aromatic N) is 1. The van der Waals surface area contributed by atoms with E-state index in [0.29, 0.717) is 6.54 Å². The second kappa shape index (κ2) is 6.37. The van der Waals surface area contributed by atoms with Crippen molar-refractivity contribution in [1.82, 2.24) is 4.90 Å². The molecule has 1 atom stereocenters. The number of hydrogen-bond acceptors (Lipinski definition) is 3. The highest BCUT2D eigenvalue weighted by Gasteiger charge is 2.17. The van der Waals surface area contributed by atoms with Crippen LogP contribution in [-0.4, -0.2) is 42.2 Å². The highest BCUT2D eigenvalue weighted by Crippen LogP contribution is 2.08. The number of aliphatic hydroxyl groups excluding tert-OH is 1. The Morgan fingerprint density at radius 1 is 1.47 bits per heavy atom. The van der Waals surface area contributed by atoms with Crippen LogP contribution in [0.25, 0.3) is 0 Å². The minimum atomic E-state index is -1.09. The van der Waals surface area contributed by atoms with Gasteiger partial charge in [0, 0.05) is 20.1 Å². The molecule has 1 amide bonds. The van der Waals surface area contributed by atoms with Crippen LogP contribution in [0.2, 0.25) is 0 Å². The van der Waals surface area contributed by atoms with Gasteiger partial charge in [0.05, 0.1) is 0 Å². The minimum Gasteiger partial charge on any atom is -0.382 e. The third kappa shape index (κ3) is 3.84. The largest absolute Gasteiger partial charge is 0.382 e. The van der Waals surface area contributed by atoms with Gasteiger partial charge in [-0.1, -0.05) is 24.3 Å². The van der Waals surface area contributed by atoms with E-state index in [4.69, 9.17) is 5.73 Å². The molecule has 0 fully saturated rings. The van der Waals surface area contributed by atoms with Crippen LogP contribution in [0.4, 0.5) is 0 Å². The van der Waals surface area contributed by atoms with Gasteiger partial charge in [-0.05, 0) is 24.5 Å². The van der Waals surface area contributed by atoms with Gasteiger partial charge in [0.15, 0.2) is 0 Å². The average molecular weight is 236 g/mol. The normalized spacial score (nSPS) is 12.2. The summed E-state index contributed by atoms with van der Waals surface area (Å²) in [6, 6.07) is 8.07. The van der Waals surface area contributed by atoms with E-state index in [0.717, 1.165) is 6.42 Å². The number of carbonyl (C=O) groups is 1. The van der Waals surface area contributed by atoms with E-state index >= 15 is 0 Å². The Hall–Kier alpha value is -1.39. The Morgan fingerprint density at radius 2 is 2.12 bits per heavy atom. The number of aliphatic hydroxyl groups is 1. The predicted molar refractivity (Wildman–Crippen MR) is 67.6 cm³/mol. The summed E-state index contributed by atoms with van der Waals surface area (Å²) in [6.45, 7) is 2.60. The molecule has 1 rings (SSSR count). The molecule has 0 spiro atoms. The number of likely N-dealkylation sites (N-methyl/N-ethyl adjacent to an activating group) is 1. The van der Waals surface area contributed by atoms with Gasteiger partial charge in [-0.2, -0.15) is 0 Å². The molecule has 0 saturated heterocycles. The van der Waals surface area contributed by atoms with E-state index < -0.39 is 6.10 Å². The van der Waals surface area contributed by atoms with Crippen molar-refractivity contribution in [2.24, 2.45) is 5.73 Å². The van der Waals surface area contributed by atoms with Crippen LogP contribution in [0.3, 0.4) is 0 Å². The SMILES string of the molecule is Cc1ccccc1CCN(C)C(=O)C(O)CN. The highest BCUT2D eigenvalue weighted by molar-refractivity contribution is 5.80. The van der Waals surface area contributed by atoms with E-state index in [1.165, 1.54) is 16.0 Å². The number of carbonyl (C=O) groups excluding carboxylic acids is 1. The maximum atomic E-state index is 11.6. The molecular weight excluding hydrogens is 216 g/mol. The lowest BCUT2D eigenvalue weighted by atomic mass is 10.1. The summed E-state index contributed by atoms with van der Waals surface area (Å²) in [6.07, 6.45) is -0.302. The van der Waals surface area contributed by atoms with Crippen LogP contribution >= 0.6 is 0 Å². The molecule has 0 aliphatic carbocycles. The molecule has 94 valence electrons. The number of aryl methyl sites for hydroxylation is 1. The lowest BCUT2D eigenvalue weighted by molar-refractivity contribution is -0.138. The van der Waals surface area contributed by atoms with Gasteiger partial charge in [0.25, 0.3) is 5.91 Å². The zero-order valence-corrected chi connectivity index (χ0v) is 10.4. The number of hydrogen-bond donors (Lipinski definition) is 2. The molecule has 1 unspecified atom stereocenters. The van der Waals surface area contributed by atoms with Crippen molar-refractivity contribution in [2.45, 2.75) is 19.4 Å². The van der Waals surface area contributed by atoms with Crippen molar-refractivity contribution in [3.8, 4) is 0 Å². The third-order valence-corrected chi connectivity index (χ3v) is 2.86. The molecule has 0 aliphatic rings. The lowest BCUT2D eigenvalue weighted by Gasteiger charge is -2.20. The van der Waals surface area contributed by atoms with Gasteiger partial charge in [0.1, 0.15) is 6.10 Å². The first-order valence-corrected chi connectivity index (χ1v) is 5.74. The number of nitrogens with two attached hydrogens (primary N) is 1. The maximum absolute atomic E-state index is 11.6. The Balaban J connectivity index is 2.51. The Morgan fingerprint density at radius 3 is 2.71 bits per heavy atom. The van der Waals surface area contributed by atoms with E-state index in [1.807, 2.05) is 31.2 Å². The van der Waals surface area contributed by atoms with Gasteiger partial charge in [0.2, 0.25) is 0 Å². The van der Waals surface area contributed by atoms with Crippen LogP contribution in [0, 0.1) is 6.92 Å². The summed E-state index contributed by atoms with van der Waals surface area (Å²) in [5.74, 6) is -0.318. The lowest BCUT2D eigenvalue weighted by Crippen LogP contribution is -2.41. The number of rotatable bonds is 5. The molecule has 0 heterocycles. The molecule has 0 aromatic heterocycles. The van der Waals surface area contributed by atoms with Crippen molar-refractivity contribution >= 4 is 5.91 Å². The standard InChI is InChI=1S/C13H20N2O2/c1-10-5-3-4-6-11(10)7-8-15(2)13(17)12(16)9-14/h3-6,12,16H,7-9,14H2,1-2H3. The average Bonchev–Trinajstić information content (AvgIpc) is 2.35. The van der Waals surface area contributed by atoms with E-state index in [2.05, 4.69) is 0 Å². The van der Waals surface area contributed by atoms with E-state index in [9.17, 15) is 9.90 Å². The number of amides is 1. The monoisotopic (exact) mass is 236 g/mol. The molecule has 1 aromatic rings. The molecule has 0 radical (unpaired) electrons. The molecule has 4 heteroatoms. The fourth-order valence-electron chi connectivity index (χ4n) is 1.64. The maximum Gasteiger partial charge on any atom is 0.252 e. The van der Waals surface area contributed by atoms with Crippen molar-refractivity contribution in [3.63, 3.8) is 0 Å². The van der Waals surface area contributed by atoms with Crippen LogP contribution in [-0.2, 0) is 11.2 Å². The summed E-state index contributed by atoms with van der Waals surface area (Å²) in [4.78, 5) is 13.1. The van der Waals surface area contributed by atoms with Crippen LogP contribution in [0.5, 0.6) is 0 Å². The summed E-state index contributed by atoms with van der Waals surface area (Å²) >= 11 is 0. The molecule has 0 aliphatic heterocycles. The first-order chi connectivity index (χ1) is 8.06. The summed E-state index contributed by atoms with van der Waals surface area (Å²) in [7, 11) is 1.68. The van der Waals surface area contributed by atoms with Gasteiger partial charge < -0.3 is 15.7 Å². The van der Waals surface area contributed by atoms with E-state index in [-0.39, 0.29) is 12.5 Å². The molecule has 1 aromatic carbocycles. The van der Waals surface area contributed by atoms with Gasteiger partial charge in [-0.25, -0.2) is 0 Å². The molecule has 17 heavy (non-hydrogen) atoms. The Bertz CT molecular complexity index is 379. The fraction of sp³-hybridized carbons (Fsp3) is 0.462. The Kier molecular flexibility index (Phi) is 5.12. The molecular formula is C13H20N2O2. The van der Waals surface area contributed by atoms with Crippen LogP contribution < -0.4 is 5.73 Å². The first-order valence-electron chi connectivity index (χ1n) is 5.74. The van der Waals surface area contributed by atoms with Gasteiger partial charge in [-0.3, -0.25) is 4.79 Å². The predicted octanol–water partition coefficient (Wildman–Crippen LogP) is 0.316. The fourth-order valence-corrected chi connectivity index (χ4v) is 1.64. The second-order valence-corrected chi connectivity index (χ2v) is 4.19. The number of benzene rings is 1. The minimum absolute atomic E-state index is 0.0342. The van der Waals surface area contributed by atoms with E-state index in [1.54, 1.807) is 7.05 Å². The second-order valence-electron chi connectivity index (χ2n) is 4.19. The smallest absolute Gasteiger partial charge is 0.252 e. The Labute approximate surface area is 102 Å². The topological polar surface area (TPSA) is 66.6 Å². The van der Waals surface area contributed by atoms with Crippen LogP contribution in [0.1, 0.15) is 11.1 Å². The summed E-state index contributed by atoms with van der Waals surface area (Å²) in [5, 5.41) is 9.33. The van der Waals surface area contributed by atoms with Crippen molar-refractivity contribution in [1.29, 1.82) is 0 Å². The zero-order valence-electron chi connectivity index (χ0n) is 10.4. The van der Waals surface area contributed by atoms with Gasteiger partial charge >= 0.3 is 0 Å². The molecule has 0 bridgehead atoms. The van der Waals surface area contributed by atoms with Gasteiger partial charge in [-0.15, -0.1) is 0 Å².